The van der Waals surface area contributed by atoms with Crippen LogP contribution < -0.4 is 16.0 Å². The number of hydrogen-bond donors (Lipinski definition) is 3. The number of carbonyl (C=O) groups excluding carboxylic acids is 3. The fourth-order valence-electron chi connectivity index (χ4n) is 1.85. The molecule has 0 radical (unpaired) electrons. The van der Waals surface area contributed by atoms with Crippen LogP contribution >= 0.6 is 0 Å². The van der Waals surface area contributed by atoms with Crippen LogP contribution in [-0.4, -0.2) is 36.3 Å². The van der Waals surface area contributed by atoms with Gasteiger partial charge in [-0.3, -0.25) is 14.4 Å². The van der Waals surface area contributed by atoms with Crippen LogP contribution in [0.2, 0.25) is 0 Å². The lowest BCUT2D eigenvalue weighted by Crippen LogP contribution is -2.42. The minimum atomic E-state index is -0.319. The van der Waals surface area contributed by atoms with E-state index in [1.807, 2.05) is 19.9 Å². The SMILES string of the molecule is CC(C)NC(=O)CNC(=O)CC(C)NC(=O)c1ccccc1. The largest absolute Gasteiger partial charge is 0.352 e. The molecular weight excluding hydrogens is 282 g/mol. The first kappa shape index (κ1) is 17.7. The third kappa shape index (κ3) is 6.88. The van der Waals surface area contributed by atoms with Gasteiger partial charge in [0, 0.05) is 24.1 Å². The van der Waals surface area contributed by atoms with Crippen molar-refractivity contribution in [2.45, 2.75) is 39.3 Å². The first-order valence-corrected chi connectivity index (χ1v) is 7.30. The first-order chi connectivity index (χ1) is 10.4. The highest BCUT2D eigenvalue weighted by molar-refractivity contribution is 5.94. The molecule has 1 aromatic rings. The van der Waals surface area contributed by atoms with Gasteiger partial charge in [0.15, 0.2) is 0 Å². The van der Waals surface area contributed by atoms with Gasteiger partial charge in [0.2, 0.25) is 11.8 Å². The lowest BCUT2D eigenvalue weighted by Gasteiger charge is -2.14. The summed E-state index contributed by atoms with van der Waals surface area (Å²) < 4.78 is 0. The standard InChI is InChI=1S/C16H23N3O3/c1-11(2)18-15(21)10-17-14(20)9-12(3)19-16(22)13-7-5-4-6-8-13/h4-8,11-12H,9-10H2,1-3H3,(H,17,20)(H,18,21)(H,19,22). The average molecular weight is 305 g/mol. The highest BCUT2D eigenvalue weighted by Crippen LogP contribution is 2.00. The van der Waals surface area contributed by atoms with Crippen LogP contribution in [0.15, 0.2) is 30.3 Å². The molecule has 6 nitrogen and oxygen atoms in total. The van der Waals surface area contributed by atoms with E-state index in [0.29, 0.717) is 5.56 Å². The van der Waals surface area contributed by atoms with Crippen LogP contribution in [0.3, 0.4) is 0 Å². The molecule has 1 aromatic carbocycles. The van der Waals surface area contributed by atoms with Gasteiger partial charge in [-0.1, -0.05) is 18.2 Å². The normalized spacial score (nSPS) is 11.6. The number of rotatable bonds is 7. The molecule has 1 atom stereocenters. The molecule has 0 saturated heterocycles. The summed E-state index contributed by atoms with van der Waals surface area (Å²) in [4.78, 5) is 35.0. The Kier molecular flexibility index (Phi) is 7.08. The maximum atomic E-state index is 11.9. The topological polar surface area (TPSA) is 87.3 Å². The Morgan fingerprint density at radius 2 is 1.59 bits per heavy atom. The molecular formula is C16H23N3O3. The predicted molar refractivity (Wildman–Crippen MR) is 84.3 cm³/mol. The molecule has 0 aliphatic carbocycles. The molecule has 6 heteroatoms. The summed E-state index contributed by atoms with van der Waals surface area (Å²) in [7, 11) is 0. The van der Waals surface area contributed by atoms with Crippen LogP contribution in [-0.2, 0) is 9.59 Å². The van der Waals surface area contributed by atoms with Gasteiger partial charge in [-0.05, 0) is 32.9 Å². The van der Waals surface area contributed by atoms with Crippen LogP contribution in [0.25, 0.3) is 0 Å². The summed E-state index contributed by atoms with van der Waals surface area (Å²) in [5, 5.41) is 7.96. The second-order valence-corrected chi connectivity index (χ2v) is 5.44. The van der Waals surface area contributed by atoms with Gasteiger partial charge < -0.3 is 16.0 Å². The smallest absolute Gasteiger partial charge is 0.251 e. The quantitative estimate of drug-likeness (QED) is 0.697. The minimum Gasteiger partial charge on any atom is -0.352 e. The van der Waals surface area contributed by atoms with Gasteiger partial charge in [-0.2, -0.15) is 0 Å². The second-order valence-electron chi connectivity index (χ2n) is 5.44. The summed E-state index contributed by atoms with van der Waals surface area (Å²) in [5.74, 6) is -0.734. The van der Waals surface area contributed by atoms with E-state index >= 15 is 0 Å². The molecule has 1 rings (SSSR count). The van der Waals surface area contributed by atoms with Gasteiger partial charge in [0.1, 0.15) is 0 Å². The Balaban J connectivity index is 2.32. The number of nitrogens with one attached hydrogen (secondary N) is 3. The van der Waals surface area contributed by atoms with Crippen molar-refractivity contribution in [3.8, 4) is 0 Å². The molecule has 1 unspecified atom stereocenters. The van der Waals surface area contributed by atoms with Crippen molar-refractivity contribution >= 4 is 17.7 Å². The monoisotopic (exact) mass is 305 g/mol. The molecule has 0 heterocycles. The molecule has 0 bridgehead atoms. The van der Waals surface area contributed by atoms with Crippen molar-refractivity contribution in [3.63, 3.8) is 0 Å². The van der Waals surface area contributed by atoms with Crippen LogP contribution in [0, 0.1) is 0 Å². The summed E-state index contributed by atoms with van der Waals surface area (Å²) in [6, 6.07) is 8.51. The molecule has 0 aliphatic heterocycles. The summed E-state index contributed by atoms with van der Waals surface area (Å²) in [6.45, 7) is 5.38. The molecule has 0 aromatic heterocycles. The zero-order valence-corrected chi connectivity index (χ0v) is 13.2. The van der Waals surface area contributed by atoms with Gasteiger partial charge in [0.25, 0.3) is 5.91 Å². The highest BCUT2D eigenvalue weighted by atomic mass is 16.2. The van der Waals surface area contributed by atoms with Crippen molar-refractivity contribution < 1.29 is 14.4 Å². The van der Waals surface area contributed by atoms with Gasteiger partial charge in [-0.15, -0.1) is 0 Å². The summed E-state index contributed by atoms with van der Waals surface area (Å²) in [5.41, 5.74) is 0.547. The average Bonchev–Trinajstić information content (AvgIpc) is 2.45. The molecule has 22 heavy (non-hydrogen) atoms. The van der Waals surface area contributed by atoms with Crippen molar-refractivity contribution in [3.05, 3.63) is 35.9 Å². The molecule has 0 saturated carbocycles. The van der Waals surface area contributed by atoms with E-state index in [9.17, 15) is 14.4 Å². The molecule has 0 spiro atoms. The van der Waals surface area contributed by atoms with Crippen molar-refractivity contribution in [1.82, 2.24) is 16.0 Å². The van der Waals surface area contributed by atoms with E-state index < -0.39 is 0 Å². The van der Waals surface area contributed by atoms with Crippen molar-refractivity contribution in [2.24, 2.45) is 0 Å². The fraction of sp³-hybridized carbons (Fsp3) is 0.438. The van der Waals surface area contributed by atoms with E-state index in [1.165, 1.54) is 0 Å². The van der Waals surface area contributed by atoms with Crippen molar-refractivity contribution in [1.29, 1.82) is 0 Å². The molecule has 0 aliphatic rings. The van der Waals surface area contributed by atoms with E-state index in [0.717, 1.165) is 0 Å². The van der Waals surface area contributed by atoms with E-state index in [4.69, 9.17) is 0 Å². The van der Waals surface area contributed by atoms with Gasteiger partial charge in [0.05, 0.1) is 6.54 Å². The first-order valence-electron chi connectivity index (χ1n) is 7.30. The Bertz CT molecular complexity index is 515. The Morgan fingerprint density at radius 1 is 0.955 bits per heavy atom. The summed E-state index contributed by atoms with van der Waals surface area (Å²) >= 11 is 0. The number of carbonyl (C=O) groups is 3. The third-order valence-electron chi connectivity index (χ3n) is 2.80. The zero-order chi connectivity index (χ0) is 16.5. The van der Waals surface area contributed by atoms with Gasteiger partial charge in [-0.25, -0.2) is 0 Å². The fourth-order valence-corrected chi connectivity index (χ4v) is 1.85. The minimum absolute atomic E-state index is 0.0356. The highest BCUT2D eigenvalue weighted by Gasteiger charge is 2.13. The predicted octanol–water partition coefficient (Wildman–Crippen LogP) is 0.836. The van der Waals surface area contributed by atoms with Crippen LogP contribution in [0.1, 0.15) is 37.6 Å². The second kappa shape index (κ2) is 8.81. The number of amides is 3. The summed E-state index contributed by atoms with van der Waals surface area (Å²) in [6.07, 6.45) is 0.119. The Morgan fingerprint density at radius 3 is 2.18 bits per heavy atom. The lowest BCUT2D eigenvalue weighted by atomic mass is 10.1. The number of benzene rings is 1. The van der Waals surface area contributed by atoms with E-state index in [1.54, 1.807) is 31.2 Å². The molecule has 3 N–H and O–H groups in total. The molecule has 3 amide bonds. The Hall–Kier alpha value is -2.37. The molecule has 120 valence electrons. The van der Waals surface area contributed by atoms with E-state index in [-0.39, 0.29) is 42.8 Å². The number of hydrogen-bond acceptors (Lipinski definition) is 3. The van der Waals surface area contributed by atoms with E-state index in [2.05, 4.69) is 16.0 Å². The van der Waals surface area contributed by atoms with Crippen LogP contribution in [0.4, 0.5) is 0 Å². The lowest BCUT2D eigenvalue weighted by molar-refractivity contribution is -0.126. The maximum absolute atomic E-state index is 11.9. The third-order valence-corrected chi connectivity index (χ3v) is 2.80. The maximum Gasteiger partial charge on any atom is 0.251 e. The molecule has 0 fully saturated rings. The van der Waals surface area contributed by atoms with Crippen LogP contribution in [0.5, 0.6) is 0 Å². The zero-order valence-electron chi connectivity index (χ0n) is 13.2. The Labute approximate surface area is 130 Å². The van der Waals surface area contributed by atoms with Gasteiger partial charge >= 0.3 is 0 Å². The van der Waals surface area contributed by atoms with Crippen molar-refractivity contribution in [2.75, 3.05) is 6.54 Å².